The molecule has 0 aliphatic carbocycles. The summed E-state index contributed by atoms with van der Waals surface area (Å²) in [4.78, 5) is 13.4. The summed E-state index contributed by atoms with van der Waals surface area (Å²) in [5.74, 6) is 0.518. The van der Waals surface area contributed by atoms with E-state index in [-0.39, 0.29) is 5.91 Å². The standard InChI is InChI=1S/C17H23N5OS/c1-2-21-16(8-7-15(18)23)19-22(17(21)24)12-20-10-9-13-5-3-4-6-14(13)11-20/h3-6H,2,7-12H2,1H3,(H2,18,23). The van der Waals surface area contributed by atoms with Crippen LogP contribution in [0.2, 0.25) is 0 Å². The molecule has 6 nitrogen and oxygen atoms in total. The lowest BCUT2D eigenvalue weighted by Crippen LogP contribution is -2.32. The van der Waals surface area contributed by atoms with E-state index in [2.05, 4.69) is 34.3 Å². The number of hydrogen-bond donors (Lipinski definition) is 1. The van der Waals surface area contributed by atoms with Gasteiger partial charge in [-0.1, -0.05) is 24.3 Å². The molecule has 2 N–H and O–H groups in total. The highest BCUT2D eigenvalue weighted by molar-refractivity contribution is 7.71. The van der Waals surface area contributed by atoms with Gasteiger partial charge in [0, 0.05) is 32.5 Å². The van der Waals surface area contributed by atoms with Gasteiger partial charge in [-0.3, -0.25) is 9.69 Å². The van der Waals surface area contributed by atoms with Crippen molar-refractivity contribution >= 4 is 18.1 Å². The van der Waals surface area contributed by atoms with Crippen molar-refractivity contribution in [2.24, 2.45) is 5.73 Å². The third kappa shape index (κ3) is 3.57. The van der Waals surface area contributed by atoms with E-state index < -0.39 is 0 Å². The number of aryl methyl sites for hydroxylation is 1. The van der Waals surface area contributed by atoms with Crippen LogP contribution < -0.4 is 5.73 Å². The number of primary amides is 1. The first-order valence-electron chi connectivity index (χ1n) is 8.32. The highest BCUT2D eigenvalue weighted by atomic mass is 32.1. The van der Waals surface area contributed by atoms with Gasteiger partial charge in [-0.05, 0) is 36.7 Å². The average molecular weight is 345 g/mol. The lowest BCUT2D eigenvalue weighted by Gasteiger charge is -2.28. The predicted molar refractivity (Wildman–Crippen MR) is 94.8 cm³/mol. The van der Waals surface area contributed by atoms with Crippen molar-refractivity contribution in [2.45, 2.75) is 45.9 Å². The van der Waals surface area contributed by atoms with Gasteiger partial charge >= 0.3 is 0 Å². The van der Waals surface area contributed by atoms with Crippen LogP contribution in [0.4, 0.5) is 0 Å². The van der Waals surface area contributed by atoms with Crippen LogP contribution in [-0.4, -0.2) is 31.7 Å². The van der Waals surface area contributed by atoms with Gasteiger partial charge in [-0.2, -0.15) is 5.10 Å². The third-order valence-corrected chi connectivity index (χ3v) is 4.89. The van der Waals surface area contributed by atoms with E-state index in [0.717, 1.165) is 31.9 Å². The quantitative estimate of drug-likeness (QED) is 0.812. The van der Waals surface area contributed by atoms with E-state index >= 15 is 0 Å². The molecular formula is C17H23N5OS. The SMILES string of the molecule is CCn1c(CCC(N)=O)nn(CN2CCc3ccccc3C2)c1=S. The fraction of sp³-hybridized carbons (Fsp3) is 0.471. The Morgan fingerprint density at radius 2 is 2.08 bits per heavy atom. The van der Waals surface area contributed by atoms with Crippen molar-refractivity contribution in [1.82, 2.24) is 19.2 Å². The summed E-state index contributed by atoms with van der Waals surface area (Å²) in [6, 6.07) is 8.57. The highest BCUT2D eigenvalue weighted by Crippen LogP contribution is 2.19. The highest BCUT2D eigenvalue weighted by Gasteiger charge is 2.18. The molecule has 2 aromatic rings. The van der Waals surface area contributed by atoms with Crippen LogP contribution in [0.1, 0.15) is 30.3 Å². The maximum atomic E-state index is 11.0. The maximum absolute atomic E-state index is 11.0. The molecule has 1 aromatic carbocycles. The van der Waals surface area contributed by atoms with E-state index in [9.17, 15) is 4.79 Å². The minimum absolute atomic E-state index is 0.295. The van der Waals surface area contributed by atoms with Crippen molar-refractivity contribution < 1.29 is 4.79 Å². The molecule has 0 fully saturated rings. The van der Waals surface area contributed by atoms with Crippen LogP contribution in [0.3, 0.4) is 0 Å². The summed E-state index contributed by atoms with van der Waals surface area (Å²) in [5, 5.41) is 4.63. The molecule has 3 rings (SSSR count). The van der Waals surface area contributed by atoms with Crippen LogP contribution in [0.5, 0.6) is 0 Å². The molecule has 1 aromatic heterocycles. The summed E-state index contributed by atoms with van der Waals surface area (Å²) in [6.07, 6.45) is 1.87. The Morgan fingerprint density at radius 1 is 1.33 bits per heavy atom. The number of carbonyl (C=O) groups excluding carboxylic acids is 1. The second-order valence-corrected chi connectivity index (χ2v) is 6.49. The number of rotatable bonds is 6. The second-order valence-electron chi connectivity index (χ2n) is 6.12. The van der Waals surface area contributed by atoms with E-state index in [1.807, 2.05) is 16.2 Å². The molecule has 0 spiro atoms. The van der Waals surface area contributed by atoms with E-state index in [1.54, 1.807) is 0 Å². The van der Waals surface area contributed by atoms with Gasteiger partial charge in [0.05, 0.1) is 6.67 Å². The number of benzene rings is 1. The summed E-state index contributed by atoms with van der Waals surface area (Å²) < 4.78 is 4.55. The molecule has 0 radical (unpaired) electrons. The molecule has 24 heavy (non-hydrogen) atoms. The normalized spacial score (nSPS) is 14.5. The Kier molecular flexibility index (Phi) is 5.11. The number of nitrogens with two attached hydrogens (primary N) is 1. The molecule has 0 bridgehead atoms. The molecule has 7 heteroatoms. The lowest BCUT2D eigenvalue weighted by atomic mass is 10.0. The molecule has 128 valence electrons. The Labute approximate surface area is 146 Å². The Morgan fingerprint density at radius 3 is 2.79 bits per heavy atom. The number of amides is 1. The summed E-state index contributed by atoms with van der Waals surface area (Å²) in [5.41, 5.74) is 8.06. The number of hydrogen-bond acceptors (Lipinski definition) is 4. The number of aromatic nitrogens is 3. The molecular weight excluding hydrogens is 322 g/mol. The zero-order chi connectivity index (χ0) is 17.1. The number of fused-ring (bicyclic) bond motifs is 1. The van der Waals surface area contributed by atoms with E-state index in [1.165, 1.54) is 11.1 Å². The molecule has 1 aliphatic heterocycles. The molecule has 0 saturated heterocycles. The number of carbonyl (C=O) groups is 1. The van der Waals surface area contributed by atoms with Crippen LogP contribution in [0.15, 0.2) is 24.3 Å². The van der Waals surface area contributed by atoms with Gasteiger partial charge < -0.3 is 10.3 Å². The molecule has 1 amide bonds. The largest absolute Gasteiger partial charge is 0.370 e. The number of nitrogens with zero attached hydrogens (tertiary/aromatic N) is 4. The minimum Gasteiger partial charge on any atom is -0.370 e. The molecule has 0 atom stereocenters. The zero-order valence-electron chi connectivity index (χ0n) is 13.9. The molecule has 0 unspecified atom stereocenters. The average Bonchev–Trinajstić information content (AvgIpc) is 2.88. The van der Waals surface area contributed by atoms with Crippen molar-refractivity contribution in [1.29, 1.82) is 0 Å². The smallest absolute Gasteiger partial charge is 0.217 e. The summed E-state index contributed by atoms with van der Waals surface area (Å²) in [7, 11) is 0. The van der Waals surface area contributed by atoms with Gasteiger partial charge in [0.15, 0.2) is 4.77 Å². The van der Waals surface area contributed by atoms with Crippen molar-refractivity contribution in [3.63, 3.8) is 0 Å². The van der Waals surface area contributed by atoms with Crippen molar-refractivity contribution in [2.75, 3.05) is 6.54 Å². The Bertz CT molecular complexity index is 795. The van der Waals surface area contributed by atoms with E-state index in [0.29, 0.717) is 24.3 Å². The lowest BCUT2D eigenvalue weighted by molar-refractivity contribution is -0.118. The topological polar surface area (TPSA) is 69.1 Å². The monoisotopic (exact) mass is 345 g/mol. The maximum Gasteiger partial charge on any atom is 0.217 e. The van der Waals surface area contributed by atoms with Gasteiger partial charge in [0.25, 0.3) is 0 Å². The second kappa shape index (κ2) is 7.27. The van der Waals surface area contributed by atoms with Gasteiger partial charge in [-0.25, -0.2) is 4.68 Å². The zero-order valence-corrected chi connectivity index (χ0v) is 14.8. The van der Waals surface area contributed by atoms with Crippen molar-refractivity contribution in [3.8, 4) is 0 Å². The fourth-order valence-corrected chi connectivity index (χ4v) is 3.51. The molecule has 0 saturated carbocycles. The van der Waals surface area contributed by atoms with Crippen molar-refractivity contribution in [3.05, 3.63) is 46.0 Å². The van der Waals surface area contributed by atoms with Gasteiger partial charge in [0.2, 0.25) is 5.91 Å². The fourth-order valence-electron chi connectivity index (χ4n) is 3.18. The molecule has 2 heterocycles. The van der Waals surface area contributed by atoms with Crippen LogP contribution in [0.25, 0.3) is 0 Å². The predicted octanol–water partition coefficient (Wildman–Crippen LogP) is 1.87. The summed E-state index contributed by atoms with van der Waals surface area (Å²) in [6.45, 7) is 5.36. The summed E-state index contributed by atoms with van der Waals surface area (Å²) >= 11 is 5.56. The third-order valence-electron chi connectivity index (χ3n) is 4.45. The van der Waals surface area contributed by atoms with Crippen LogP contribution in [0, 0.1) is 4.77 Å². The Balaban J connectivity index is 1.76. The van der Waals surface area contributed by atoms with Gasteiger partial charge in [-0.15, -0.1) is 0 Å². The van der Waals surface area contributed by atoms with Crippen LogP contribution >= 0.6 is 12.2 Å². The Hall–Kier alpha value is -1.99. The van der Waals surface area contributed by atoms with E-state index in [4.69, 9.17) is 18.0 Å². The first kappa shape index (κ1) is 16.9. The first-order chi connectivity index (χ1) is 11.6. The van der Waals surface area contributed by atoms with Crippen LogP contribution in [-0.2, 0) is 37.4 Å². The molecule has 1 aliphatic rings. The first-order valence-corrected chi connectivity index (χ1v) is 8.73. The minimum atomic E-state index is -0.314. The van der Waals surface area contributed by atoms with Gasteiger partial charge in [0.1, 0.15) is 5.82 Å².